The minimum absolute atomic E-state index is 0.0411. The second-order valence-electron chi connectivity index (χ2n) is 4.42. The fraction of sp³-hybridized carbons (Fsp3) is 0.500. The number of hydrogen-bond donors (Lipinski definition) is 1. The SMILES string of the molecule is CCOc1ccccc1OCC(=O)N1CC[NH2+]CC1. The molecule has 5 heteroatoms. The summed E-state index contributed by atoms with van der Waals surface area (Å²) in [4.78, 5) is 13.8. The molecule has 0 unspecified atom stereocenters. The van der Waals surface area contributed by atoms with Gasteiger partial charge in [-0.1, -0.05) is 12.1 Å². The van der Waals surface area contributed by atoms with Crippen LogP contribution >= 0.6 is 0 Å². The number of amides is 1. The third-order valence-electron chi connectivity index (χ3n) is 3.06. The lowest BCUT2D eigenvalue weighted by Crippen LogP contribution is -2.90. The smallest absolute Gasteiger partial charge is 0.260 e. The molecule has 0 radical (unpaired) electrons. The van der Waals surface area contributed by atoms with E-state index in [9.17, 15) is 4.79 Å². The van der Waals surface area contributed by atoms with Gasteiger partial charge in [0, 0.05) is 0 Å². The van der Waals surface area contributed by atoms with E-state index in [1.54, 1.807) is 0 Å². The summed E-state index contributed by atoms with van der Waals surface area (Å²) in [6.45, 7) is 6.12. The van der Waals surface area contributed by atoms with Crippen LogP contribution in [0.4, 0.5) is 0 Å². The molecule has 5 nitrogen and oxygen atoms in total. The normalized spacial score (nSPS) is 15.1. The summed E-state index contributed by atoms with van der Waals surface area (Å²) in [7, 11) is 0. The lowest BCUT2D eigenvalue weighted by molar-refractivity contribution is -0.662. The van der Waals surface area contributed by atoms with Crippen molar-refractivity contribution in [1.29, 1.82) is 0 Å². The van der Waals surface area contributed by atoms with Gasteiger partial charge in [0.25, 0.3) is 5.91 Å². The van der Waals surface area contributed by atoms with Gasteiger partial charge in [-0.3, -0.25) is 4.79 Å². The van der Waals surface area contributed by atoms with Gasteiger partial charge in [-0.25, -0.2) is 0 Å². The number of rotatable bonds is 5. The van der Waals surface area contributed by atoms with Crippen molar-refractivity contribution in [1.82, 2.24) is 4.90 Å². The van der Waals surface area contributed by atoms with Gasteiger partial charge in [-0.15, -0.1) is 0 Å². The Morgan fingerprint density at radius 2 is 1.84 bits per heavy atom. The molecule has 1 amide bonds. The van der Waals surface area contributed by atoms with E-state index in [2.05, 4.69) is 5.32 Å². The van der Waals surface area contributed by atoms with Crippen LogP contribution in [0.25, 0.3) is 0 Å². The van der Waals surface area contributed by atoms with Crippen LogP contribution in [0, 0.1) is 0 Å². The summed E-state index contributed by atoms with van der Waals surface area (Å²) in [5, 5.41) is 2.22. The van der Waals surface area contributed by atoms with E-state index < -0.39 is 0 Å². The zero-order chi connectivity index (χ0) is 13.5. The number of carbonyl (C=O) groups excluding carboxylic acids is 1. The van der Waals surface area contributed by atoms with Crippen LogP contribution in [-0.4, -0.2) is 50.2 Å². The Hall–Kier alpha value is -1.75. The van der Waals surface area contributed by atoms with Crippen molar-refractivity contribution in [3.63, 3.8) is 0 Å². The molecule has 1 aromatic carbocycles. The summed E-state index contributed by atoms with van der Waals surface area (Å²) >= 11 is 0. The molecule has 2 rings (SSSR count). The number of hydrogen-bond acceptors (Lipinski definition) is 3. The van der Waals surface area contributed by atoms with Crippen LogP contribution in [0.2, 0.25) is 0 Å². The first-order valence-corrected chi connectivity index (χ1v) is 6.75. The third-order valence-corrected chi connectivity index (χ3v) is 3.06. The minimum atomic E-state index is 0.0411. The number of quaternary nitrogens is 1. The Labute approximate surface area is 113 Å². The molecule has 0 spiro atoms. The van der Waals surface area contributed by atoms with E-state index in [1.165, 1.54) is 0 Å². The fourth-order valence-corrected chi connectivity index (χ4v) is 2.07. The minimum Gasteiger partial charge on any atom is -0.490 e. The van der Waals surface area contributed by atoms with Gasteiger partial charge in [0.1, 0.15) is 0 Å². The molecule has 0 atom stereocenters. The Kier molecular flexibility index (Phi) is 5.03. The molecule has 104 valence electrons. The average molecular weight is 265 g/mol. The number of benzene rings is 1. The number of carbonyl (C=O) groups is 1. The molecule has 1 saturated heterocycles. The van der Waals surface area contributed by atoms with Crippen LogP contribution < -0.4 is 14.8 Å². The molecule has 1 fully saturated rings. The molecular weight excluding hydrogens is 244 g/mol. The predicted octanol–water partition coefficient (Wildman–Crippen LogP) is -0.130. The molecule has 2 N–H and O–H groups in total. The topological polar surface area (TPSA) is 55.4 Å². The zero-order valence-corrected chi connectivity index (χ0v) is 11.3. The Bertz CT molecular complexity index is 417. The first kappa shape index (κ1) is 13.7. The Balaban J connectivity index is 1.89. The van der Waals surface area contributed by atoms with Crippen LogP contribution in [0.3, 0.4) is 0 Å². The first-order chi connectivity index (χ1) is 9.31. The lowest BCUT2D eigenvalue weighted by Gasteiger charge is -2.25. The number of para-hydroxylation sites is 2. The predicted molar refractivity (Wildman–Crippen MR) is 71.3 cm³/mol. The van der Waals surface area contributed by atoms with Crippen LogP contribution in [0.15, 0.2) is 24.3 Å². The number of piperazine rings is 1. The molecule has 0 bridgehead atoms. The van der Waals surface area contributed by atoms with Crippen molar-refractivity contribution < 1.29 is 19.6 Å². The molecular formula is C14H21N2O3+. The van der Waals surface area contributed by atoms with Crippen molar-refractivity contribution in [2.45, 2.75) is 6.92 Å². The maximum absolute atomic E-state index is 12.0. The van der Waals surface area contributed by atoms with Gasteiger partial charge in [0.2, 0.25) is 0 Å². The number of nitrogens with two attached hydrogens (primary N) is 1. The molecule has 0 aliphatic carbocycles. The molecule has 0 saturated carbocycles. The fourth-order valence-electron chi connectivity index (χ4n) is 2.07. The highest BCUT2D eigenvalue weighted by Crippen LogP contribution is 2.26. The zero-order valence-electron chi connectivity index (χ0n) is 11.3. The second kappa shape index (κ2) is 6.99. The van der Waals surface area contributed by atoms with E-state index in [4.69, 9.17) is 9.47 Å². The molecule has 1 aromatic rings. The van der Waals surface area contributed by atoms with Crippen molar-refractivity contribution in [3.8, 4) is 11.5 Å². The van der Waals surface area contributed by atoms with Crippen LogP contribution in [0.1, 0.15) is 6.92 Å². The lowest BCUT2D eigenvalue weighted by atomic mass is 10.3. The Morgan fingerprint density at radius 1 is 1.21 bits per heavy atom. The summed E-state index contributed by atoms with van der Waals surface area (Å²) in [5.74, 6) is 1.35. The standard InChI is InChI=1S/C14H20N2O3/c1-2-18-12-5-3-4-6-13(12)19-11-14(17)16-9-7-15-8-10-16/h3-6,15H,2,7-11H2,1H3/p+1. The quantitative estimate of drug-likeness (QED) is 0.807. The van der Waals surface area contributed by atoms with Crippen molar-refractivity contribution in [2.24, 2.45) is 0 Å². The highest BCUT2D eigenvalue weighted by atomic mass is 16.5. The average Bonchev–Trinajstić information content (AvgIpc) is 2.47. The largest absolute Gasteiger partial charge is 0.490 e. The first-order valence-electron chi connectivity index (χ1n) is 6.75. The van der Waals surface area contributed by atoms with E-state index in [-0.39, 0.29) is 12.5 Å². The highest BCUT2D eigenvalue weighted by molar-refractivity contribution is 5.77. The Morgan fingerprint density at radius 3 is 2.47 bits per heavy atom. The molecule has 1 aliphatic heterocycles. The summed E-state index contributed by atoms with van der Waals surface area (Å²) in [6.07, 6.45) is 0. The van der Waals surface area contributed by atoms with E-state index >= 15 is 0 Å². The maximum atomic E-state index is 12.0. The summed E-state index contributed by atoms with van der Waals surface area (Å²) < 4.78 is 11.0. The van der Waals surface area contributed by atoms with Crippen molar-refractivity contribution in [2.75, 3.05) is 39.4 Å². The van der Waals surface area contributed by atoms with Crippen molar-refractivity contribution in [3.05, 3.63) is 24.3 Å². The molecule has 1 aliphatic rings. The van der Waals surface area contributed by atoms with E-state index in [1.807, 2.05) is 36.1 Å². The van der Waals surface area contributed by atoms with Gasteiger partial charge in [0.05, 0.1) is 32.8 Å². The van der Waals surface area contributed by atoms with E-state index in [0.29, 0.717) is 18.1 Å². The van der Waals surface area contributed by atoms with Gasteiger partial charge >= 0.3 is 0 Å². The second-order valence-corrected chi connectivity index (χ2v) is 4.42. The highest BCUT2D eigenvalue weighted by Gasteiger charge is 2.18. The van der Waals surface area contributed by atoms with Gasteiger partial charge in [-0.05, 0) is 19.1 Å². The third kappa shape index (κ3) is 3.86. The van der Waals surface area contributed by atoms with Crippen LogP contribution in [-0.2, 0) is 4.79 Å². The number of nitrogens with zero attached hydrogens (tertiary/aromatic N) is 1. The van der Waals surface area contributed by atoms with Gasteiger partial charge < -0.3 is 19.7 Å². The maximum Gasteiger partial charge on any atom is 0.260 e. The monoisotopic (exact) mass is 265 g/mol. The molecule has 19 heavy (non-hydrogen) atoms. The van der Waals surface area contributed by atoms with E-state index in [0.717, 1.165) is 26.2 Å². The van der Waals surface area contributed by atoms with Gasteiger partial charge in [0.15, 0.2) is 18.1 Å². The molecule has 1 heterocycles. The molecule has 0 aromatic heterocycles. The van der Waals surface area contributed by atoms with Crippen molar-refractivity contribution >= 4 is 5.91 Å². The van der Waals surface area contributed by atoms with Crippen LogP contribution in [0.5, 0.6) is 11.5 Å². The number of ether oxygens (including phenoxy) is 2. The summed E-state index contributed by atoms with van der Waals surface area (Å²) in [5.41, 5.74) is 0. The summed E-state index contributed by atoms with van der Waals surface area (Å²) in [6, 6.07) is 7.43. The van der Waals surface area contributed by atoms with Gasteiger partial charge in [-0.2, -0.15) is 0 Å².